The molecule has 0 spiro atoms. The second-order valence-corrected chi connectivity index (χ2v) is 7.90. The molecule has 1 aliphatic rings. The zero-order chi connectivity index (χ0) is 20.0. The van der Waals surface area contributed by atoms with Crippen LogP contribution in [0.1, 0.15) is 29.5 Å². The van der Waals surface area contributed by atoms with Gasteiger partial charge in [-0.15, -0.1) is 0 Å². The molecule has 0 aliphatic carbocycles. The van der Waals surface area contributed by atoms with Gasteiger partial charge in [0.15, 0.2) is 0 Å². The van der Waals surface area contributed by atoms with Crippen molar-refractivity contribution < 1.29 is 9.15 Å². The maximum atomic E-state index is 12.4. The smallest absolute Gasteiger partial charge is 0.344 e. The molecule has 0 bridgehead atoms. The quantitative estimate of drug-likeness (QED) is 0.359. The Labute approximate surface area is 169 Å². The average molecular weight is 385 g/mol. The van der Waals surface area contributed by atoms with Gasteiger partial charge in [-0.3, -0.25) is 4.90 Å². The van der Waals surface area contributed by atoms with E-state index in [2.05, 4.69) is 42.2 Å². The Morgan fingerprint density at radius 2 is 1.72 bits per heavy atom. The van der Waals surface area contributed by atoms with E-state index in [0.717, 1.165) is 40.7 Å². The largest absolute Gasteiger partial charge is 0.477 e. The highest BCUT2D eigenvalue weighted by Gasteiger charge is 2.24. The first-order chi connectivity index (χ1) is 14.1. The van der Waals surface area contributed by atoms with Crippen LogP contribution >= 0.6 is 0 Å². The molecule has 0 amide bonds. The Bertz CT molecular complexity index is 1260. The van der Waals surface area contributed by atoms with Crippen LogP contribution in [0.25, 0.3) is 21.7 Å². The van der Waals surface area contributed by atoms with Crippen molar-refractivity contribution >= 4 is 21.7 Å². The van der Waals surface area contributed by atoms with E-state index in [4.69, 9.17) is 9.15 Å². The molecule has 0 fully saturated rings. The van der Waals surface area contributed by atoms with Gasteiger partial charge >= 0.3 is 5.63 Å². The molecule has 1 aliphatic heterocycles. The van der Waals surface area contributed by atoms with Crippen LogP contribution in [0.5, 0.6) is 5.75 Å². The molecule has 4 aromatic rings. The van der Waals surface area contributed by atoms with E-state index in [1.165, 1.54) is 5.56 Å². The summed E-state index contributed by atoms with van der Waals surface area (Å²) >= 11 is 0. The first-order valence-corrected chi connectivity index (χ1v) is 10.00. The number of benzene rings is 3. The molecule has 4 heteroatoms. The maximum absolute atomic E-state index is 12.4. The Kier molecular flexibility index (Phi) is 4.36. The summed E-state index contributed by atoms with van der Waals surface area (Å²) in [5.41, 5.74) is 3.70. The van der Waals surface area contributed by atoms with Crippen LogP contribution in [-0.4, -0.2) is 18.2 Å². The highest BCUT2D eigenvalue weighted by Crippen LogP contribution is 2.37. The van der Waals surface area contributed by atoms with Gasteiger partial charge in [0, 0.05) is 29.6 Å². The second-order valence-electron chi connectivity index (χ2n) is 7.90. The average Bonchev–Trinajstić information content (AvgIpc) is 2.75. The van der Waals surface area contributed by atoms with E-state index < -0.39 is 0 Å². The molecule has 29 heavy (non-hydrogen) atoms. The van der Waals surface area contributed by atoms with Crippen molar-refractivity contribution in [3.63, 3.8) is 0 Å². The van der Waals surface area contributed by atoms with E-state index in [9.17, 15) is 4.79 Å². The first kappa shape index (κ1) is 18.0. The van der Waals surface area contributed by atoms with Crippen LogP contribution in [-0.2, 0) is 6.54 Å². The van der Waals surface area contributed by atoms with Crippen molar-refractivity contribution in [1.82, 2.24) is 4.90 Å². The zero-order valence-electron chi connectivity index (χ0n) is 16.6. The van der Waals surface area contributed by atoms with Gasteiger partial charge in [-0.05, 0) is 35.9 Å². The van der Waals surface area contributed by atoms with Crippen LogP contribution < -0.4 is 10.4 Å². The number of aryl methyl sites for hydroxylation is 1. The molecule has 0 radical (unpaired) electrons. The lowest BCUT2D eigenvalue weighted by Gasteiger charge is -2.32. The molecule has 0 saturated heterocycles. The van der Waals surface area contributed by atoms with E-state index >= 15 is 0 Å². The zero-order valence-corrected chi connectivity index (χ0v) is 16.6. The molecule has 2 heterocycles. The molecule has 1 aromatic heterocycles. The van der Waals surface area contributed by atoms with Crippen LogP contribution in [0, 0.1) is 6.92 Å². The van der Waals surface area contributed by atoms with Gasteiger partial charge in [0.2, 0.25) is 0 Å². The minimum atomic E-state index is -0.301. The van der Waals surface area contributed by atoms with E-state index in [1.807, 2.05) is 37.3 Å². The maximum Gasteiger partial charge on any atom is 0.344 e. The molecule has 4 nitrogen and oxygen atoms in total. The molecule has 0 saturated carbocycles. The first-order valence-electron chi connectivity index (χ1n) is 10.00. The molecule has 0 unspecified atom stereocenters. The monoisotopic (exact) mass is 385 g/mol. The minimum absolute atomic E-state index is 0.301. The van der Waals surface area contributed by atoms with Crippen molar-refractivity contribution in [2.75, 3.05) is 13.3 Å². The van der Waals surface area contributed by atoms with E-state index in [1.54, 1.807) is 0 Å². The number of rotatable bonds is 3. The predicted molar refractivity (Wildman–Crippen MR) is 115 cm³/mol. The van der Waals surface area contributed by atoms with E-state index in [0.29, 0.717) is 23.6 Å². The number of hydrogen-bond donors (Lipinski definition) is 0. The summed E-state index contributed by atoms with van der Waals surface area (Å²) in [6.07, 6.45) is 0. The molecule has 3 aromatic carbocycles. The lowest BCUT2D eigenvalue weighted by atomic mass is 9.98. The number of ether oxygens (including phenoxy) is 1. The minimum Gasteiger partial charge on any atom is -0.477 e. The molecule has 0 N–H and O–H groups in total. The summed E-state index contributed by atoms with van der Waals surface area (Å²) in [7, 11) is 0. The lowest BCUT2D eigenvalue weighted by Crippen LogP contribution is -2.35. The molecule has 1 atom stereocenters. The lowest BCUT2D eigenvalue weighted by molar-refractivity contribution is 0.0900. The van der Waals surface area contributed by atoms with Gasteiger partial charge in [-0.25, -0.2) is 4.79 Å². The Morgan fingerprint density at radius 3 is 2.52 bits per heavy atom. The Morgan fingerprint density at radius 1 is 1.00 bits per heavy atom. The summed E-state index contributed by atoms with van der Waals surface area (Å²) < 4.78 is 11.8. The topological polar surface area (TPSA) is 42.7 Å². The standard InChI is InChI=1S/C25H23NO3/c1-16(18-8-4-3-5-9-18)13-26-14-19-12-22-20-10-6-7-11-21(20)25(27)29-24(22)17(2)23(19)28-15-26/h3-12,16H,13-15H2,1-2H3/t16-/m1/s1. The van der Waals surface area contributed by atoms with Crippen molar-refractivity contribution in [2.24, 2.45) is 0 Å². The summed E-state index contributed by atoms with van der Waals surface area (Å²) in [6, 6.07) is 20.3. The molecule has 146 valence electrons. The predicted octanol–water partition coefficient (Wildman–Crippen LogP) is 5.21. The highest BCUT2D eigenvalue weighted by atomic mass is 16.5. The van der Waals surface area contributed by atoms with Gasteiger partial charge in [0.05, 0.1) is 5.39 Å². The molecular weight excluding hydrogens is 362 g/mol. The van der Waals surface area contributed by atoms with E-state index in [-0.39, 0.29) is 5.63 Å². The van der Waals surface area contributed by atoms with Crippen LogP contribution in [0.15, 0.2) is 69.9 Å². The summed E-state index contributed by atoms with van der Waals surface area (Å²) in [5, 5.41) is 2.52. The number of fused-ring (bicyclic) bond motifs is 4. The number of hydrogen-bond acceptors (Lipinski definition) is 4. The normalized spacial score (nSPS) is 15.2. The number of nitrogens with zero attached hydrogens (tertiary/aromatic N) is 1. The van der Waals surface area contributed by atoms with Crippen molar-refractivity contribution in [1.29, 1.82) is 0 Å². The third-order valence-corrected chi connectivity index (χ3v) is 5.85. The fourth-order valence-corrected chi connectivity index (χ4v) is 4.38. The van der Waals surface area contributed by atoms with Gasteiger partial charge in [-0.1, -0.05) is 55.5 Å². The summed E-state index contributed by atoms with van der Waals surface area (Å²) in [4.78, 5) is 14.7. The Hall–Kier alpha value is -3.11. The van der Waals surface area contributed by atoms with Gasteiger partial charge in [0.1, 0.15) is 18.1 Å². The molecule has 5 rings (SSSR count). The van der Waals surface area contributed by atoms with Crippen molar-refractivity contribution in [3.8, 4) is 5.75 Å². The van der Waals surface area contributed by atoms with Gasteiger partial charge in [0.25, 0.3) is 0 Å². The van der Waals surface area contributed by atoms with Crippen molar-refractivity contribution in [2.45, 2.75) is 26.3 Å². The van der Waals surface area contributed by atoms with Crippen LogP contribution in [0.2, 0.25) is 0 Å². The van der Waals surface area contributed by atoms with Crippen LogP contribution in [0.4, 0.5) is 0 Å². The van der Waals surface area contributed by atoms with Crippen LogP contribution in [0.3, 0.4) is 0 Å². The third-order valence-electron chi connectivity index (χ3n) is 5.85. The Balaban J connectivity index is 1.53. The van der Waals surface area contributed by atoms with Gasteiger partial charge < -0.3 is 9.15 Å². The van der Waals surface area contributed by atoms with Crippen molar-refractivity contribution in [3.05, 3.63) is 87.8 Å². The summed E-state index contributed by atoms with van der Waals surface area (Å²) in [5.74, 6) is 1.27. The second kappa shape index (κ2) is 7.05. The molecular formula is C25H23NO3. The summed E-state index contributed by atoms with van der Waals surface area (Å²) in [6.45, 7) is 6.50. The fraction of sp³-hybridized carbons (Fsp3) is 0.240. The van der Waals surface area contributed by atoms with Gasteiger partial charge in [-0.2, -0.15) is 0 Å². The fourth-order valence-electron chi connectivity index (χ4n) is 4.38. The third kappa shape index (κ3) is 3.10. The highest BCUT2D eigenvalue weighted by molar-refractivity contribution is 6.06. The SMILES string of the molecule is Cc1c2c(cc3c1oc(=O)c1ccccc13)CN(C[C@@H](C)c1ccccc1)CO2.